The van der Waals surface area contributed by atoms with E-state index < -0.39 is 0 Å². The number of nitrogens with one attached hydrogen (secondary N) is 2. The van der Waals surface area contributed by atoms with Crippen LogP contribution >= 0.6 is 0 Å². The minimum atomic E-state index is -0.234. The average molecular weight is 260 g/mol. The van der Waals surface area contributed by atoms with Crippen molar-refractivity contribution in [1.82, 2.24) is 15.2 Å². The van der Waals surface area contributed by atoms with Crippen LogP contribution < -0.4 is 10.1 Å². The number of carbonyl (C=O) groups is 1. The van der Waals surface area contributed by atoms with Gasteiger partial charge in [-0.05, 0) is 44.0 Å². The van der Waals surface area contributed by atoms with Crippen LogP contribution in [0.2, 0.25) is 0 Å². The zero-order chi connectivity index (χ0) is 13.8. The molecule has 6 nitrogen and oxygen atoms in total. The molecular formula is C13H16N4O2. The molecule has 6 heteroatoms. The van der Waals surface area contributed by atoms with Gasteiger partial charge in [0.05, 0.1) is 6.61 Å². The fourth-order valence-corrected chi connectivity index (χ4v) is 1.56. The van der Waals surface area contributed by atoms with Gasteiger partial charge in [0.2, 0.25) is 5.95 Å². The quantitative estimate of drug-likeness (QED) is 0.882. The molecule has 0 saturated carbocycles. The maximum atomic E-state index is 12.0. The molecular weight excluding hydrogens is 244 g/mol. The molecule has 0 spiro atoms. The number of amides is 1. The first-order valence-electron chi connectivity index (χ1n) is 6.04. The van der Waals surface area contributed by atoms with Gasteiger partial charge in [-0.3, -0.25) is 10.1 Å². The van der Waals surface area contributed by atoms with Crippen LogP contribution in [0.25, 0.3) is 0 Å². The maximum Gasteiger partial charge on any atom is 0.337 e. The predicted molar refractivity (Wildman–Crippen MR) is 71.4 cm³/mol. The van der Waals surface area contributed by atoms with Crippen LogP contribution in [0, 0.1) is 13.8 Å². The van der Waals surface area contributed by atoms with Crippen LogP contribution in [0.1, 0.15) is 28.4 Å². The highest BCUT2D eigenvalue weighted by atomic mass is 16.5. The Balaban J connectivity index is 2.09. The predicted octanol–water partition coefficient (Wildman–Crippen LogP) is 2.07. The summed E-state index contributed by atoms with van der Waals surface area (Å²) >= 11 is 0. The van der Waals surface area contributed by atoms with Gasteiger partial charge >= 0.3 is 6.01 Å². The molecule has 0 saturated heterocycles. The SMILES string of the molecule is CCOc1n[nH]c(NC(=O)c2ccc(C)c(C)c2)n1. The molecule has 0 aliphatic carbocycles. The number of nitrogens with zero attached hydrogens (tertiary/aromatic N) is 2. The summed E-state index contributed by atoms with van der Waals surface area (Å²) in [6.07, 6.45) is 0. The smallest absolute Gasteiger partial charge is 0.337 e. The van der Waals surface area contributed by atoms with E-state index in [4.69, 9.17) is 4.74 Å². The molecule has 1 heterocycles. The number of aromatic nitrogens is 3. The summed E-state index contributed by atoms with van der Waals surface area (Å²) in [6, 6.07) is 5.75. The summed E-state index contributed by atoms with van der Waals surface area (Å²) in [5.41, 5.74) is 2.80. The van der Waals surface area contributed by atoms with Gasteiger partial charge in [0.25, 0.3) is 5.91 Å². The van der Waals surface area contributed by atoms with Gasteiger partial charge < -0.3 is 4.74 Å². The van der Waals surface area contributed by atoms with E-state index in [0.29, 0.717) is 12.2 Å². The molecule has 2 rings (SSSR count). The standard InChI is InChI=1S/C13H16N4O2/c1-4-19-13-15-12(16-17-13)14-11(18)10-6-5-8(2)9(3)7-10/h5-7H,4H2,1-3H3,(H2,14,15,16,17,18). The number of carbonyl (C=O) groups excluding carboxylic acids is 1. The number of H-pyrrole nitrogens is 1. The van der Waals surface area contributed by atoms with Gasteiger partial charge in [-0.15, -0.1) is 5.10 Å². The summed E-state index contributed by atoms with van der Waals surface area (Å²) in [5, 5.41) is 9.05. The lowest BCUT2D eigenvalue weighted by Gasteiger charge is -2.04. The molecule has 100 valence electrons. The molecule has 0 aliphatic rings. The highest BCUT2D eigenvalue weighted by Gasteiger charge is 2.10. The summed E-state index contributed by atoms with van der Waals surface area (Å²) in [4.78, 5) is 16.0. The second-order valence-electron chi connectivity index (χ2n) is 4.15. The number of hydrogen-bond acceptors (Lipinski definition) is 4. The number of rotatable bonds is 4. The van der Waals surface area contributed by atoms with Crippen molar-refractivity contribution in [3.63, 3.8) is 0 Å². The Bertz CT molecular complexity index is 592. The monoisotopic (exact) mass is 260 g/mol. The first-order chi connectivity index (χ1) is 9.10. The van der Waals surface area contributed by atoms with Crippen LogP contribution in [0.4, 0.5) is 5.95 Å². The highest BCUT2D eigenvalue weighted by molar-refractivity contribution is 6.03. The van der Waals surface area contributed by atoms with Crippen LogP contribution in [0.5, 0.6) is 6.01 Å². The number of benzene rings is 1. The zero-order valence-corrected chi connectivity index (χ0v) is 11.2. The topological polar surface area (TPSA) is 79.9 Å². The summed E-state index contributed by atoms with van der Waals surface area (Å²) in [6.45, 7) is 6.28. The Labute approximate surface area is 111 Å². The lowest BCUT2D eigenvalue weighted by atomic mass is 10.1. The fraction of sp³-hybridized carbons (Fsp3) is 0.308. The van der Waals surface area contributed by atoms with Gasteiger partial charge in [-0.1, -0.05) is 6.07 Å². The highest BCUT2D eigenvalue weighted by Crippen LogP contribution is 2.12. The lowest BCUT2D eigenvalue weighted by Crippen LogP contribution is -2.13. The first kappa shape index (κ1) is 13.1. The minimum absolute atomic E-state index is 0.220. The van der Waals surface area contributed by atoms with Crippen molar-refractivity contribution in [2.45, 2.75) is 20.8 Å². The molecule has 0 radical (unpaired) electrons. The molecule has 1 aromatic carbocycles. The Hall–Kier alpha value is -2.37. The van der Waals surface area contributed by atoms with Gasteiger partial charge in [0.1, 0.15) is 0 Å². The van der Waals surface area contributed by atoms with E-state index in [2.05, 4.69) is 20.5 Å². The van der Waals surface area contributed by atoms with Crippen molar-refractivity contribution in [3.05, 3.63) is 34.9 Å². The second kappa shape index (κ2) is 5.51. The first-order valence-corrected chi connectivity index (χ1v) is 6.04. The fourth-order valence-electron chi connectivity index (χ4n) is 1.56. The Kier molecular flexibility index (Phi) is 3.79. The van der Waals surface area contributed by atoms with Gasteiger partial charge in [0.15, 0.2) is 0 Å². The largest absolute Gasteiger partial charge is 0.463 e. The third-order valence-corrected chi connectivity index (χ3v) is 2.74. The Morgan fingerprint density at radius 1 is 1.37 bits per heavy atom. The molecule has 2 N–H and O–H groups in total. The minimum Gasteiger partial charge on any atom is -0.463 e. The molecule has 0 bridgehead atoms. The van der Waals surface area contributed by atoms with Crippen molar-refractivity contribution >= 4 is 11.9 Å². The molecule has 19 heavy (non-hydrogen) atoms. The summed E-state index contributed by atoms with van der Waals surface area (Å²) < 4.78 is 5.10. The average Bonchev–Trinajstić information content (AvgIpc) is 2.80. The van der Waals surface area contributed by atoms with Crippen molar-refractivity contribution in [2.24, 2.45) is 0 Å². The van der Waals surface area contributed by atoms with E-state index in [1.54, 1.807) is 6.07 Å². The van der Waals surface area contributed by atoms with Crippen LogP contribution in [0.3, 0.4) is 0 Å². The number of ether oxygens (including phenoxy) is 1. The van der Waals surface area contributed by atoms with Crippen LogP contribution in [-0.4, -0.2) is 27.7 Å². The number of hydrogen-bond donors (Lipinski definition) is 2. The van der Waals surface area contributed by atoms with Gasteiger partial charge in [-0.25, -0.2) is 5.10 Å². The van der Waals surface area contributed by atoms with E-state index in [-0.39, 0.29) is 17.9 Å². The molecule has 1 amide bonds. The van der Waals surface area contributed by atoms with Crippen molar-refractivity contribution < 1.29 is 9.53 Å². The number of anilines is 1. The number of aryl methyl sites for hydroxylation is 2. The molecule has 0 fully saturated rings. The number of aromatic amines is 1. The normalized spacial score (nSPS) is 10.3. The Morgan fingerprint density at radius 3 is 2.84 bits per heavy atom. The van der Waals surface area contributed by atoms with E-state index in [9.17, 15) is 4.79 Å². The van der Waals surface area contributed by atoms with Crippen molar-refractivity contribution in [3.8, 4) is 6.01 Å². The van der Waals surface area contributed by atoms with Crippen molar-refractivity contribution in [1.29, 1.82) is 0 Å². The van der Waals surface area contributed by atoms with E-state index >= 15 is 0 Å². The lowest BCUT2D eigenvalue weighted by molar-refractivity contribution is 0.102. The summed E-state index contributed by atoms with van der Waals surface area (Å²) in [7, 11) is 0. The zero-order valence-electron chi connectivity index (χ0n) is 11.2. The molecule has 2 aromatic rings. The molecule has 0 unspecified atom stereocenters. The third kappa shape index (κ3) is 3.09. The third-order valence-electron chi connectivity index (χ3n) is 2.74. The van der Waals surface area contributed by atoms with Crippen molar-refractivity contribution in [2.75, 3.05) is 11.9 Å². The van der Waals surface area contributed by atoms with E-state index in [1.165, 1.54) is 0 Å². The van der Waals surface area contributed by atoms with E-state index in [1.807, 2.05) is 32.9 Å². The van der Waals surface area contributed by atoms with E-state index in [0.717, 1.165) is 11.1 Å². The molecule has 1 aromatic heterocycles. The van der Waals surface area contributed by atoms with Crippen LogP contribution in [-0.2, 0) is 0 Å². The molecule has 0 atom stereocenters. The molecule has 0 aliphatic heterocycles. The maximum absolute atomic E-state index is 12.0. The van der Waals surface area contributed by atoms with Gasteiger partial charge in [0, 0.05) is 5.56 Å². The Morgan fingerprint density at radius 2 is 2.16 bits per heavy atom. The summed E-state index contributed by atoms with van der Waals surface area (Å²) in [5.74, 6) is 0.0361. The second-order valence-corrected chi connectivity index (χ2v) is 4.15. The van der Waals surface area contributed by atoms with Crippen LogP contribution in [0.15, 0.2) is 18.2 Å². The van der Waals surface area contributed by atoms with Gasteiger partial charge in [-0.2, -0.15) is 4.98 Å².